The number of rotatable bonds is 6. The van der Waals surface area contributed by atoms with Crippen LogP contribution >= 0.6 is 0 Å². The molecule has 0 saturated heterocycles. The van der Waals surface area contributed by atoms with Gasteiger partial charge in [0.1, 0.15) is 0 Å². The lowest BCUT2D eigenvalue weighted by Gasteiger charge is -2.34. The number of hydrogen-bond acceptors (Lipinski definition) is 2. The van der Waals surface area contributed by atoms with E-state index >= 15 is 0 Å². The Hall–Kier alpha value is -0.860. The third kappa shape index (κ3) is 4.32. The molecule has 1 aromatic carbocycles. The lowest BCUT2D eigenvalue weighted by Crippen LogP contribution is -2.33. The molecule has 0 radical (unpaired) electrons. The molecule has 0 unspecified atom stereocenters. The van der Waals surface area contributed by atoms with Gasteiger partial charge in [-0.05, 0) is 29.4 Å². The van der Waals surface area contributed by atoms with Gasteiger partial charge in [0.15, 0.2) is 0 Å². The van der Waals surface area contributed by atoms with E-state index < -0.39 is 0 Å². The molecule has 1 N–H and O–H groups in total. The van der Waals surface area contributed by atoms with Gasteiger partial charge in [-0.2, -0.15) is 0 Å². The predicted molar refractivity (Wildman–Crippen MR) is 80.1 cm³/mol. The van der Waals surface area contributed by atoms with Crippen molar-refractivity contribution in [2.75, 3.05) is 13.7 Å². The van der Waals surface area contributed by atoms with E-state index in [0.29, 0.717) is 12.0 Å². The SMILES string of the molecule is COCc1ccccc1CNCC1(C)CCCCC1. The molecule has 2 nitrogen and oxygen atoms in total. The van der Waals surface area contributed by atoms with Crippen LogP contribution in [0.3, 0.4) is 0 Å². The zero-order chi connectivity index (χ0) is 13.6. The molecule has 2 rings (SSSR count). The van der Waals surface area contributed by atoms with E-state index in [1.165, 1.54) is 43.2 Å². The standard InChI is InChI=1S/C17H27NO/c1-17(10-6-3-7-11-17)14-18-12-15-8-4-5-9-16(15)13-19-2/h4-5,8-9,18H,3,6-7,10-14H2,1-2H3. The Morgan fingerprint density at radius 1 is 1.11 bits per heavy atom. The molecule has 1 aliphatic rings. The lowest BCUT2D eigenvalue weighted by atomic mass is 9.76. The molecule has 19 heavy (non-hydrogen) atoms. The molecule has 2 heteroatoms. The van der Waals surface area contributed by atoms with Crippen LogP contribution in [0.5, 0.6) is 0 Å². The van der Waals surface area contributed by atoms with Crippen LogP contribution in [0, 0.1) is 5.41 Å². The number of nitrogens with one attached hydrogen (secondary N) is 1. The quantitative estimate of drug-likeness (QED) is 0.838. The summed E-state index contributed by atoms with van der Waals surface area (Å²) in [6.07, 6.45) is 6.97. The Morgan fingerprint density at radius 3 is 2.47 bits per heavy atom. The first-order chi connectivity index (χ1) is 9.23. The number of ether oxygens (including phenoxy) is 1. The van der Waals surface area contributed by atoms with Gasteiger partial charge in [0, 0.05) is 20.2 Å². The van der Waals surface area contributed by atoms with E-state index in [-0.39, 0.29) is 0 Å². The second-order valence-electron chi connectivity index (χ2n) is 6.18. The van der Waals surface area contributed by atoms with E-state index in [0.717, 1.165) is 13.1 Å². The van der Waals surface area contributed by atoms with Crippen LogP contribution < -0.4 is 5.32 Å². The second-order valence-corrected chi connectivity index (χ2v) is 6.18. The van der Waals surface area contributed by atoms with Crippen LogP contribution in [-0.2, 0) is 17.9 Å². The van der Waals surface area contributed by atoms with E-state index in [4.69, 9.17) is 4.74 Å². The van der Waals surface area contributed by atoms with Gasteiger partial charge in [0.05, 0.1) is 6.61 Å². The average molecular weight is 261 g/mol. The molecule has 0 aliphatic heterocycles. The highest BCUT2D eigenvalue weighted by Gasteiger charge is 2.25. The molecule has 0 bridgehead atoms. The van der Waals surface area contributed by atoms with Gasteiger partial charge in [0.25, 0.3) is 0 Å². The Kier molecular flexibility index (Phi) is 5.41. The smallest absolute Gasteiger partial charge is 0.0716 e. The van der Waals surface area contributed by atoms with Crippen LogP contribution in [0.4, 0.5) is 0 Å². The third-order valence-corrected chi connectivity index (χ3v) is 4.35. The van der Waals surface area contributed by atoms with Crippen molar-refractivity contribution in [3.63, 3.8) is 0 Å². The van der Waals surface area contributed by atoms with Crippen molar-refractivity contribution in [3.05, 3.63) is 35.4 Å². The van der Waals surface area contributed by atoms with Crippen LogP contribution in [0.25, 0.3) is 0 Å². The molecule has 1 aliphatic carbocycles. The molecule has 0 amide bonds. The van der Waals surface area contributed by atoms with Crippen molar-refractivity contribution in [2.24, 2.45) is 5.41 Å². The summed E-state index contributed by atoms with van der Waals surface area (Å²) in [5.74, 6) is 0. The molecule has 1 aromatic rings. The molecule has 0 aromatic heterocycles. The van der Waals surface area contributed by atoms with Gasteiger partial charge < -0.3 is 10.1 Å². The minimum Gasteiger partial charge on any atom is -0.380 e. The van der Waals surface area contributed by atoms with Gasteiger partial charge >= 0.3 is 0 Å². The first-order valence-corrected chi connectivity index (χ1v) is 7.50. The number of benzene rings is 1. The maximum atomic E-state index is 5.26. The average Bonchev–Trinajstić information content (AvgIpc) is 2.42. The Morgan fingerprint density at radius 2 is 1.79 bits per heavy atom. The van der Waals surface area contributed by atoms with E-state index in [2.05, 4.69) is 36.5 Å². The van der Waals surface area contributed by atoms with E-state index in [9.17, 15) is 0 Å². The molecule has 1 saturated carbocycles. The Balaban J connectivity index is 1.85. The summed E-state index contributed by atoms with van der Waals surface area (Å²) in [4.78, 5) is 0. The molecule has 0 atom stereocenters. The minimum atomic E-state index is 0.508. The topological polar surface area (TPSA) is 21.3 Å². The van der Waals surface area contributed by atoms with Gasteiger partial charge in [-0.25, -0.2) is 0 Å². The lowest BCUT2D eigenvalue weighted by molar-refractivity contribution is 0.183. The third-order valence-electron chi connectivity index (χ3n) is 4.35. The van der Waals surface area contributed by atoms with Crippen LogP contribution in [-0.4, -0.2) is 13.7 Å². The number of hydrogen-bond donors (Lipinski definition) is 1. The second kappa shape index (κ2) is 7.06. The zero-order valence-electron chi connectivity index (χ0n) is 12.4. The summed E-state index contributed by atoms with van der Waals surface area (Å²) >= 11 is 0. The molecular weight excluding hydrogens is 234 g/mol. The van der Waals surface area contributed by atoms with Gasteiger partial charge in [0.2, 0.25) is 0 Å². The highest BCUT2D eigenvalue weighted by Crippen LogP contribution is 2.34. The maximum Gasteiger partial charge on any atom is 0.0716 e. The maximum absolute atomic E-state index is 5.26. The van der Waals surface area contributed by atoms with Crippen molar-refractivity contribution in [3.8, 4) is 0 Å². The van der Waals surface area contributed by atoms with E-state index in [1.807, 2.05) is 0 Å². The minimum absolute atomic E-state index is 0.508. The highest BCUT2D eigenvalue weighted by molar-refractivity contribution is 5.26. The van der Waals surface area contributed by atoms with Crippen LogP contribution in [0.1, 0.15) is 50.2 Å². The summed E-state index contributed by atoms with van der Waals surface area (Å²) < 4.78 is 5.26. The van der Waals surface area contributed by atoms with Crippen molar-refractivity contribution in [1.29, 1.82) is 0 Å². The van der Waals surface area contributed by atoms with Crippen molar-refractivity contribution in [1.82, 2.24) is 5.32 Å². The summed E-state index contributed by atoms with van der Waals surface area (Å²) in [6, 6.07) is 8.55. The summed E-state index contributed by atoms with van der Waals surface area (Å²) in [5, 5.41) is 3.66. The fraction of sp³-hybridized carbons (Fsp3) is 0.647. The normalized spacial score (nSPS) is 18.4. The largest absolute Gasteiger partial charge is 0.380 e. The Bertz CT molecular complexity index is 383. The predicted octanol–water partition coefficient (Wildman–Crippen LogP) is 3.89. The van der Waals surface area contributed by atoms with Crippen LogP contribution in [0.15, 0.2) is 24.3 Å². The molecule has 0 heterocycles. The van der Waals surface area contributed by atoms with Crippen molar-refractivity contribution in [2.45, 2.75) is 52.2 Å². The van der Waals surface area contributed by atoms with Gasteiger partial charge in [-0.1, -0.05) is 50.5 Å². The van der Waals surface area contributed by atoms with Gasteiger partial charge in [-0.15, -0.1) is 0 Å². The molecular formula is C17H27NO. The first-order valence-electron chi connectivity index (χ1n) is 7.50. The summed E-state index contributed by atoms with van der Waals surface area (Å²) in [6.45, 7) is 5.22. The van der Waals surface area contributed by atoms with Crippen molar-refractivity contribution >= 4 is 0 Å². The zero-order valence-corrected chi connectivity index (χ0v) is 12.4. The highest BCUT2D eigenvalue weighted by atomic mass is 16.5. The molecule has 106 valence electrons. The monoisotopic (exact) mass is 261 g/mol. The molecule has 0 spiro atoms. The van der Waals surface area contributed by atoms with E-state index in [1.54, 1.807) is 7.11 Å². The van der Waals surface area contributed by atoms with Crippen LogP contribution in [0.2, 0.25) is 0 Å². The summed E-state index contributed by atoms with van der Waals surface area (Å²) in [5.41, 5.74) is 3.17. The number of methoxy groups -OCH3 is 1. The Labute approximate surface area is 117 Å². The fourth-order valence-electron chi connectivity index (χ4n) is 3.11. The molecule has 1 fully saturated rings. The van der Waals surface area contributed by atoms with Gasteiger partial charge in [-0.3, -0.25) is 0 Å². The van der Waals surface area contributed by atoms with Crippen molar-refractivity contribution < 1.29 is 4.74 Å². The summed E-state index contributed by atoms with van der Waals surface area (Å²) in [7, 11) is 1.76. The first kappa shape index (κ1) is 14.5. The fourth-order valence-corrected chi connectivity index (χ4v) is 3.11.